The van der Waals surface area contributed by atoms with Crippen LogP contribution in [0.3, 0.4) is 0 Å². The molecular formula is C28H44F12O6. The van der Waals surface area contributed by atoms with Crippen molar-refractivity contribution in [3.8, 4) is 0 Å². The molecule has 0 aromatic rings. The first-order valence-corrected chi connectivity index (χ1v) is 13.9. The van der Waals surface area contributed by atoms with Crippen molar-refractivity contribution in [3.63, 3.8) is 0 Å². The van der Waals surface area contributed by atoms with Crippen molar-refractivity contribution in [2.75, 3.05) is 0 Å². The van der Waals surface area contributed by atoms with Gasteiger partial charge in [0.25, 0.3) is 11.2 Å². The number of alkyl halides is 12. The van der Waals surface area contributed by atoms with Crippen LogP contribution in [-0.2, 0) is 19.1 Å². The lowest BCUT2D eigenvalue weighted by Gasteiger charge is -2.44. The van der Waals surface area contributed by atoms with Gasteiger partial charge in [-0.15, -0.1) is 0 Å². The minimum absolute atomic E-state index is 0.137. The van der Waals surface area contributed by atoms with E-state index in [-0.39, 0.29) is 19.3 Å². The zero-order chi connectivity index (χ0) is 38.0. The monoisotopic (exact) mass is 704 g/mol. The molecule has 0 aromatic heterocycles. The maximum absolute atomic E-state index is 12.9. The first-order chi connectivity index (χ1) is 19.7. The molecule has 46 heavy (non-hydrogen) atoms. The Morgan fingerprint density at radius 2 is 0.891 bits per heavy atom. The minimum Gasteiger partial charge on any atom is -0.462 e. The van der Waals surface area contributed by atoms with Gasteiger partial charge in [-0.25, -0.2) is 0 Å². The van der Waals surface area contributed by atoms with Gasteiger partial charge in [0.1, 0.15) is 6.10 Å². The highest BCUT2D eigenvalue weighted by Gasteiger charge is 2.79. The highest BCUT2D eigenvalue weighted by atomic mass is 19.4. The van der Waals surface area contributed by atoms with Gasteiger partial charge in [-0.1, -0.05) is 34.6 Å². The lowest BCUT2D eigenvalue weighted by atomic mass is 9.83. The van der Waals surface area contributed by atoms with Crippen LogP contribution < -0.4 is 0 Å². The number of rotatable bonds is 10. The molecule has 0 radical (unpaired) electrons. The van der Waals surface area contributed by atoms with Gasteiger partial charge in [-0.2, -0.15) is 52.7 Å². The SMILES string of the molecule is CCC(C)(C)C(=O)OC(C)(C)C(O)(C(F)(F)F)C(F)(F)F.CCC(C)(C)C(=O)OC(CC(C)(C)C)CC(O)(C(F)(F)F)C(F)(F)F. The number of hydrogen-bond donors (Lipinski definition) is 2. The van der Waals surface area contributed by atoms with Gasteiger partial charge in [0, 0.05) is 6.42 Å². The van der Waals surface area contributed by atoms with Crippen molar-refractivity contribution in [1.29, 1.82) is 0 Å². The highest BCUT2D eigenvalue weighted by molar-refractivity contribution is 5.76. The highest BCUT2D eigenvalue weighted by Crippen LogP contribution is 2.51. The topological polar surface area (TPSA) is 93.1 Å². The number of halogens is 12. The summed E-state index contributed by atoms with van der Waals surface area (Å²) >= 11 is 0. The maximum Gasteiger partial charge on any atom is 0.430 e. The lowest BCUT2D eigenvalue weighted by Crippen LogP contribution is -2.70. The second-order valence-electron chi connectivity index (χ2n) is 13.9. The molecule has 0 heterocycles. The summed E-state index contributed by atoms with van der Waals surface area (Å²) in [5, 5.41) is 18.7. The Morgan fingerprint density at radius 1 is 0.565 bits per heavy atom. The quantitative estimate of drug-likeness (QED) is 0.175. The summed E-state index contributed by atoms with van der Waals surface area (Å²) in [6.07, 6.45) is -27.4. The van der Waals surface area contributed by atoms with Crippen molar-refractivity contribution in [2.24, 2.45) is 16.2 Å². The average Bonchev–Trinajstić information content (AvgIpc) is 2.79. The molecule has 18 heteroatoms. The molecule has 2 N–H and O–H groups in total. The van der Waals surface area contributed by atoms with E-state index in [4.69, 9.17) is 4.74 Å². The van der Waals surface area contributed by atoms with Crippen LogP contribution in [0.1, 0.15) is 102 Å². The Bertz CT molecular complexity index is 988. The molecule has 0 rings (SSSR count). The molecule has 1 unspecified atom stereocenters. The van der Waals surface area contributed by atoms with Crippen LogP contribution in [0.4, 0.5) is 52.7 Å². The number of ether oxygens (including phenoxy) is 2. The molecule has 0 aliphatic carbocycles. The third-order valence-corrected chi connectivity index (χ3v) is 7.49. The van der Waals surface area contributed by atoms with Crippen LogP contribution >= 0.6 is 0 Å². The summed E-state index contributed by atoms with van der Waals surface area (Å²) in [6.45, 7) is 14.2. The van der Waals surface area contributed by atoms with E-state index in [9.17, 15) is 72.5 Å². The van der Waals surface area contributed by atoms with Gasteiger partial charge >= 0.3 is 36.6 Å². The van der Waals surface area contributed by atoms with E-state index < -0.39 is 82.2 Å². The van der Waals surface area contributed by atoms with E-state index in [1.54, 1.807) is 27.7 Å². The third-order valence-electron chi connectivity index (χ3n) is 7.49. The van der Waals surface area contributed by atoms with Gasteiger partial charge < -0.3 is 19.7 Å². The Hall–Kier alpha value is -1.98. The minimum atomic E-state index is -6.06. The van der Waals surface area contributed by atoms with Gasteiger partial charge in [0.2, 0.25) is 0 Å². The van der Waals surface area contributed by atoms with Gasteiger partial charge in [-0.3, -0.25) is 9.59 Å². The van der Waals surface area contributed by atoms with Crippen molar-refractivity contribution >= 4 is 11.9 Å². The van der Waals surface area contributed by atoms with Crippen molar-refractivity contribution in [2.45, 2.75) is 149 Å². The van der Waals surface area contributed by atoms with Crippen LogP contribution in [0.5, 0.6) is 0 Å². The van der Waals surface area contributed by atoms with Crippen molar-refractivity contribution < 1.29 is 82.0 Å². The third kappa shape index (κ3) is 11.0. The van der Waals surface area contributed by atoms with E-state index in [1.807, 2.05) is 0 Å². The molecule has 1 atom stereocenters. The van der Waals surface area contributed by atoms with Crippen LogP contribution in [0.15, 0.2) is 0 Å². The first-order valence-electron chi connectivity index (χ1n) is 13.9. The predicted octanol–water partition coefficient (Wildman–Crippen LogP) is 8.62. The Kier molecular flexibility index (Phi) is 14.3. The largest absolute Gasteiger partial charge is 0.462 e. The average molecular weight is 705 g/mol. The number of esters is 2. The fraction of sp³-hybridized carbons (Fsp3) is 0.929. The van der Waals surface area contributed by atoms with Crippen molar-refractivity contribution in [3.05, 3.63) is 0 Å². The molecule has 0 saturated carbocycles. The zero-order valence-corrected chi connectivity index (χ0v) is 27.5. The predicted molar refractivity (Wildman–Crippen MR) is 141 cm³/mol. The molecule has 6 nitrogen and oxygen atoms in total. The normalized spacial score (nSPS) is 15.5. The van der Waals surface area contributed by atoms with Crippen LogP contribution in [0.25, 0.3) is 0 Å². The van der Waals surface area contributed by atoms with E-state index in [0.29, 0.717) is 13.8 Å². The molecular weight excluding hydrogens is 660 g/mol. The van der Waals surface area contributed by atoms with Gasteiger partial charge in [-0.05, 0) is 66.2 Å². The Labute approximate surface area is 260 Å². The van der Waals surface area contributed by atoms with E-state index in [2.05, 4.69) is 4.74 Å². The second kappa shape index (κ2) is 14.2. The molecule has 0 spiro atoms. The number of aliphatic hydroxyl groups is 2. The second-order valence-corrected chi connectivity index (χ2v) is 13.9. The molecule has 276 valence electrons. The van der Waals surface area contributed by atoms with Crippen molar-refractivity contribution in [1.82, 2.24) is 0 Å². The smallest absolute Gasteiger partial charge is 0.430 e. The van der Waals surface area contributed by atoms with E-state index >= 15 is 0 Å². The summed E-state index contributed by atoms with van der Waals surface area (Å²) < 4.78 is 163. The molecule has 0 amide bonds. The summed E-state index contributed by atoms with van der Waals surface area (Å²) in [5.41, 5.74) is -16.4. The van der Waals surface area contributed by atoms with E-state index in [0.717, 1.165) is 0 Å². The summed E-state index contributed by atoms with van der Waals surface area (Å²) in [7, 11) is 0. The van der Waals surface area contributed by atoms with Crippen LogP contribution in [-0.4, -0.2) is 69.8 Å². The molecule has 0 fully saturated rings. The van der Waals surface area contributed by atoms with Crippen LogP contribution in [0.2, 0.25) is 0 Å². The summed E-state index contributed by atoms with van der Waals surface area (Å²) in [6, 6.07) is 0. The lowest BCUT2D eigenvalue weighted by molar-refractivity contribution is -0.408. The first kappa shape index (κ1) is 46.1. The summed E-state index contributed by atoms with van der Waals surface area (Å²) in [5.74, 6) is -2.17. The fourth-order valence-electron chi connectivity index (χ4n) is 3.45. The van der Waals surface area contributed by atoms with E-state index in [1.165, 1.54) is 34.6 Å². The van der Waals surface area contributed by atoms with Crippen LogP contribution in [0, 0.1) is 16.2 Å². The number of carbonyl (C=O) groups excluding carboxylic acids is 2. The maximum atomic E-state index is 12.9. The Morgan fingerprint density at radius 3 is 1.15 bits per heavy atom. The van der Waals surface area contributed by atoms with Gasteiger partial charge in [0.05, 0.1) is 10.8 Å². The van der Waals surface area contributed by atoms with Gasteiger partial charge in [0.15, 0.2) is 5.60 Å². The molecule has 0 aromatic carbocycles. The number of carbonyl (C=O) groups is 2. The molecule has 0 saturated heterocycles. The zero-order valence-electron chi connectivity index (χ0n) is 27.5. The number of hydrogen-bond acceptors (Lipinski definition) is 6. The Balaban J connectivity index is 0. The molecule has 0 aliphatic rings. The standard InChI is InChI=1S/C16H26F6O3.C12H18F6O3/c1-7-13(5,6)11(23)25-10(8-12(2,3)4)9-14(24,15(17,18)19)16(20,21)22;1-6-8(2,3)7(19)21-9(4,5)10(20,11(13,14)15)12(16,17)18/h10,24H,7-9H2,1-6H3;20H,6H2,1-5H3. The molecule has 0 bridgehead atoms. The summed E-state index contributed by atoms with van der Waals surface area (Å²) in [4.78, 5) is 23.9. The fourth-order valence-corrected chi connectivity index (χ4v) is 3.45. The molecule has 0 aliphatic heterocycles.